The maximum Gasteiger partial charge on any atom is 0.185 e. The van der Waals surface area contributed by atoms with Crippen LogP contribution in [0, 0.1) is 0 Å². The molecule has 10 rings (SSSR count). The van der Waals surface area contributed by atoms with Crippen LogP contribution in [0.4, 0.5) is 0 Å². The van der Waals surface area contributed by atoms with Gasteiger partial charge in [0.15, 0.2) is 23.1 Å². The summed E-state index contributed by atoms with van der Waals surface area (Å²) in [5.41, 5.74) is 11.9. The summed E-state index contributed by atoms with van der Waals surface area (Å²) in [5, 5.41) is 0. The van der Waals surface area contributed by atoms with E-state index in [1.807, 2.05) is 36.4 Å². The molecule has 2 heterocycles. The van der Waals surface area contributed by atoms with Crippen LogP contribution in [0.5, 0.6) is 5.75 Å². The SMILES string of the molecule is c1ccc(-c2ccc(-c3nc(-c4ccccc4)nc(-c4ccc(-c5ccc6c(c5)OC(c5ccccc5)(c5ccccc5)c5ccccc5-6)cc4)n3)cc2)cc1. The lowest BCUT2D eigenvalue weighted by molar-refractivity contribution is 0.152. The zero-order valence-corrected chi connectivity index (χ0v) is 30.5. The molecule has 264 valence electrons. The lowest BCUT2D eigenvalue weighted by Gasteiger charge is -2.41. The summed E-state index contributed by atoms with van der Waals surface area (Å²) in [5.74, 6) is 2.72. The van der Waals surface area contributed by atoms with Crippen molar-refractivity contribution < 1.29 is 4.74 Å². The summed E-state index contributed by atoms with van der Waals surface area (Å²) in [6, 6.07) is 73.5. The van der Waals surface area contributed by atoms with E-state index in [0.29, 0.717) is 17.5 Å². The molecular formula is C52H35N3O. The van der Waals surface area contributed by atoms with Crippen LogP contribution in [0.25, 0.3) is 67.5 Å². The summed E-state index contributed by atoms with van der Waals surface area (Å²) in [6.07, 6.45) is 0. The molecule has 0 spiro atoms. The van der Waals surface area contributed by atoms with Crippen molar-refractivity contribution in [1.82, 2.24) is 15.0 Å². The van der Waals surface area contributed by atoms with Crippen molar-refractivity contribution in [3.63, 3.8) is 0 Å². The molecule has 0 fully saturated rings. The number of benzene rings is 8. The fourth-order valence-corrected chi connectivity index (χ4v) is 7.80. The van der Waals surface area contributed by atoms with Crippen molar-refractivity contribution in [3.05, 3.63) is 229 Å². The Morgan fingerprint density at radius 3 is 1.21 bits per heavy atom. The topological polar surface area (TPSA) is 47.9 Å². The molecule has 1 aliphatic heterocycles. The monoisotopic (exact) mass is 717 g/mol. The van der Waals surface area contributed by atoms with Gasteiger partial charge in [0.25, 0.3) is 0 Å². The van der Waals surface area contributed by atoms with Crippen molar-refractivity contribution in [2.24, 2.45) is 0 Å². The normalized spacial score (nSPS) is 12.6. The second-order valence-corrected chi connectivity index (χ2v) is 14.0. The Kier molecular flexibility index (Phi) is 8.34. The van der Waals surface area contributed by atoms with Gasteiger partial charge in [-0.3, -0.25) is 0 Å². The Morgan fingerprint density at radius 1 is 0.304 bits per heavy atom. The molecule has 0 saturated heterocycles. The van der Waals surface area contributed by atoms with Crippen molar-refractivity contribution in [3.8, 4) is 73.3 Å². The largest absolute Gasteiger partial charge is 0.472 e. The molecule has 4 heteroatoms. The van der Waals surface area contributed by atoms with Gasteiger partial charge in [0.1, 0.15) is 5.75 Å². The molecule has 0 N–H and O–H groups in total. The number of aromatic nitrogens is 3. The molecule has 1 aliphatic rings. The maximum absolute atomic E-state index is 7.29. The second kappa shape index (κ2) is 14.1. The maximum atomic E-state index is 7.29. The molecule has 1 aromatic heterocycles. The minimum absolute atomic E-state index is 0.619. The minimum Gasteiger partial charge on any atom is -0.472 e. The number of rotatable bonds is 7. The van der Waals surface area contributed by atoms with Gasteiger partial charge < -0.3 is 4.74 Å². The van der Waals surface area contributed by atoms with E-state index in [0.717, 1.165) is 66.9 Å². The van der Waals surface area contributed by atoms with E-state index in [1.165, 1.54) is 5.56 Å². The third kappa shape index (κ3) is 5.94. The third-order valence-corrected chi connectivity index (χ3v) is 10.6. The predicted octanol–water partition coefficient (Wildman–Crippen LogP) is 12.6. The van der Waals surface area contributed by atoms with Gasteiger partial charge in [-0.2, -0.15) is 0 Å². The van der Waals surface area contributed by atoms with Crippen LogP contribution in [0.15, 0.2) is 212 Å². The summed E-state index contributed by atoms with van der Waals surface area (Å²) < 4.78 is 7.29. The number of hydrogen-bond acceptors (Lipinski definition) is 4. The average Bonchev–Trinajstić information content (AvgIpc) is 3.29. The molecular weight excluding hydrogens is 683 g/mol. The quantitative estimate of drug-likeness (QED) is 0.165. The first-order valence-electron chi connectivity index (χ1n) is 18.9. The first kappa shape index (κ1) is 33.2. The molecule has 56 heavy (non-hydrogen) atoms. The van der Waals surface area contributed by atoms with E-state index < -0.39 is 5.60 Å². The van der Waals surface area contributed by atoms with Gasteiger partial charge in [0.05, 0.1) is 0 Å². The number of hydrogen-bond donors (Lipinski definition) is 0. The molecule has 0 saturated carbocycles. The van der Waals surface area contributed by atoms with Gasteiger partial charge in [-0.05, 0) is 33.9 Å². The number of fused-ring (bicyclic) bond motifs is 3. The second-order valence-electron chi connectivity index (χ2n) is 14.0. The van der Waals surface area contributed by atoms with Crippen LogP contribution >= 0.6 is 0 Å². The Labute approximate surface area is 326 Å². The van der Waals surface area contributed by atoms with Crippen LogP contribution in [0.3, 0.4) is 0 Å². The van der Waals surface area contributed by atoms with Gasteiger partial charge >= 0.3 is 0 Å². The Hall–Kier alpha value is -7.43. The smallest absolute Gasteiger partial charge is 0.185 e. The highest BCUT2D eigenvalue weighted by Gasteiger charge is 2.44. The fraction of sp³-hybridized carbons (Fsp3) is 0.0192. The summed E-state index contributed by atoms with van der Waals surface area (Å²) >= 11 is 0. The number of ether oxygens (including phenoxy) is 1. The molecule has 0 aliphatic carbocycles. The number of nitrogens with zero attached hydrogens (tertiary/aromatic N) is 3. The zero-order chi connectivity index (χ0) is 37.3. The van der Waals surface area contributed by atoms with Crippen LogP contribution in [-0.4, -0.2) is 15.0 Å². The molecule has 0 radical (unpaired) electrons. The summed E-state index contributed by atoms with van der Waals surface area (Å²) in [4.78, 5) is 14.9. The predicted molar refractivity (Wildman–Crippen MR) is 226 cm³/mol. The molecule has 0 unspecified atom stereocenters. The van der Waals surface area contributed by atoms with Crippen molar-refractivity contribution >= 4 is 0 Å². The lowest BCUT2D eigenvalue weighted by Crippen LogP contribution is -2.38. The van der Waals surface area contributed by atoms with Crippen LogP contribution in [-0.2, 0) is 5.60 Å². The Balaban J connectivity index is 1.03. The first-order valence-corrected chi connectivity index (χ1v) is 18.9. The van der Waals surface area contributed by atoms with E-state index in [9.17, 15) is 0 Å². The molecule has 0 atom stereocenters. The van der Waals surface area contributed by atoms with Gasteiger partial charge in [-0.15, -0.1) is 0 Å². The molecule has 9 aromatic rings. The van der Waals surface area contributed by atoms with Crippen LogP contribution in [0.1, 0.15) is 16.7 Å². The van der Waals surface area contributed by atoms with Crippen molar-refractivity contribution in [2.75, 3.05) is 0 Å². The standard InChI is InChI=1S/C52H35N3O/c1-5-15-36(16-6-1)37-25-29-40(30-26-37)50-53-49(39-17-7-2-8-18-39)54-51(55-50)41-31-27-38(28-32-41)42-33-34-46-45-23-13-14-24-47(45)52(56-48(46)35-42,43-19-9-3-10-20-43)44-21-11-4-12-22-44/h1-35H. The van der Waals surface area contributed by atoms with Gasteiger partial charge in [0, 0.05) is 38.9 Å². The van der Waals surface area contributed by atoms with E-state index in [-0.39, 0.29) is 0 Å². The highest BCUT2D eigenvalue weighted by Crippen LogP contribution is 2.52. The average molecular weight is 718 g/mol. The fourth-order valence-electron chi connectivity index (χ4n) is 7.80. The Bertz CT molecular complexity index is 2750. The van der Waals surface area contributed by atoms with Crippen molar-refractivity contribution in [2.45, 2.75) is 5.60 Å². The van der Waals surface area contributed by atoms with E-state index in [4.69, 9.17) is 19.7 Å². The molecule has 4 nitrogen and oxygen atoms in total. The van der Waals surface area contributed by atoms with Crippen LogP contribution in [0.2, 0.25) is 0 Å². The highest BCUT2D eigenvalue weighted by molar-refractivity contribution is 5.83. The molecule has 8 aromatic carbocycles. The summed E-state index contributed by atoms with van der Waals surface area (Å²) in [6.45, 7) is 0. The third-order valence-electron chi connectivity index (χ3n) is 10.6. The highest BCUT2D eigenvalue weighted by atomic mass is 16.5. The Morgan fingerprint density at radius 2 is 0.679 bits per heavy atom. The van der Waals surface area contributed by atoms with E-state index in [1.54, 1.807) is 0 Å². The van der Waals surface area contributed by atoms with E-state index in [2.05, 4.69) is 176 Å². The van der Waals surface area contributed by atoms with Crippen LogP contribution < -0.4 is 4.74 Å². The van der Waals surface area contributed by atoms with E-state index >= 15 is 0 Å². The van der Waals surface area contributed by atoms with Gasteiger partial charge in [-0.25, -0.2) is 15.0 Å². The molecule has 0 amide bonds. The zero-order valence-electron chi connectivity index (χ0n) is 30.5. The van der Waals surface area contributed by atoms with Gasteiger partial charge in [-0.1, -0.05) is 206 Å². The minimum atomic E-state index is -0.816. The summed E-state index contributed by atoms with van der Waals surface area (Å²) in [7, 11) is 0. The first-order chi connectivity index (χ1) is 27.7. The lowest BCUT2D eigenvalue weighted by atomic mass is 9.75. The molecule has 0 bridgehead atoms. The van der Waals surface area contributed by atoms with Crippen molar-refractivity contribution in [1.29, 1.82) is 0 Å². The van der Waals surface area contributed by atoms with Gasteiger partial charge in [0.2, 0.25) is 0 Å².